The van der Waals surface area contributed by atoms with Gasteiger partial charge in [-0.1, -0.05) is 84.0 Å². The predicted octanol–water partition coefficient (Wildman–Crippen LogP) is 26.0. The second-order valence-corrected chi connectivity index (χ2v) is 44.1. The third kappa shape index (κ3) is 19.9. The van der Waals surface area contributed by atoms with Crippen molar-refractivity contribution >= 4 is 150 Å². The van der Waals surface area contributed by atoms with Crippen LogP contribution in [0.15, 0.2) is 146 Å². The Balaban J connectivity index is 0.000000135. The van der Waals surface area contributed by atoms with Gasteiger partial charge in [0, 0.05) is 152 Å². The summed E-state index contributed by atoms with van der Waals surface area (Å²) < 4.78 is 39.1. The normalized spacial score (nSPS) is 17.7. The number of carbonyl (C=O) groups is 3. The van der Waals surface area contributed by atoms with Crippen LogP contribution in [0.25, 0.3) is 128 Å². The number of rotatable bonds is 22. The van der Waals surface area contributed by atoms with Gasteiger partial charge in [0.2, 0.25) is 0 Å². The first-order valence-corrected chi connectivity index (χ1v) is 50.9. The summed E-state index contributed by atoms with van der Waals surface area (Å²) in [5, 5.41) is 37.1. The van der Waals surface area contributed by atoms with Gasteiger partial charge in [-0.15, -0.1) is 34.0 Å². The number of nitrogens with one attached hydrogen (secondary N) is 1. The summed E-state index contributed by atoms with van der Waals surface area (Å²) in [6.45, 7) is 33.9. The van der Waals surface area contributed by atoms with Gasteiger partial charge >= 0.3 is 17.9 Å². The predicted molar refractivity (Wildman–Crippen MR) is 549 cm³/mol. The summed E-state index contributed by atoms with van der Waals surface area (Å²) in [4.78, 5) is 60.5. The Hall–Kier alpha value is -9.90. The number of esters is 2. The smallest absolute Gasteiger partial charge is 0.339 e. The van der Waals surface area contributed by atoms with Crippen LogP contribution in [-0.4, -0.2) is 158 Å². The number of thiazole rings is 3. The first kappa shape index (κ1) is 95.4. The van der Waals surface area contributed by atoms with Crippen molar-refractivity contribution in [1.82, 2.24) is 59.4 Å². The number of carbonyl (C=O) groups excluding carboxylic acids is 2. The van der Waals surface area contributed by atoms with E-state index in [1.807, 2.05) is 211 Å². The topological polar surface area (TPSA) is 228 Å². The molecule has 0 radical (unpaired) electrons. The van der Waals surface area contributed by atoms with E-state index in [-0.39, 0.29) is 13.2 Å². The molecule has 3 saturated heterocycles. The van der Waals surface area contributed by atoms with Gasteiger partial charge in [0.25, 0.3) is 0 Å². The third-order valence-electron chi connectivity index (χ3n) is 26.8. The largest absolute Gasteiger partial charge is 0.479 e. The second kappa shape index (κ2) is 38.8. The van der Waals surface area contributed by atoms with Gasteiger partial charge in [0.1, 0.15) is 15.0 Å². The van der Waals surface area contributed by atoms with E-state index in [0.717, 1.165) is 216 Å². The number of carboxylic acids is 1. The molecule has 5 aliphatic rings. The zero-order valence-corrected chi connectivity index (χ0v) is 84.7. The highest BCUT2D eigenvalue weighted by Crippen LogP contribution is 2.52. The van der Waals surface area contributed by atoms with Crippen LogP contribution in [0, 0.1) is 20.8 Å². The Bertz CT molecular complexity index is 7000. The number of ether oxygens (including phenoxy) is 5. The molecule has 2 N–H and O–H groups in total. The van der Waals surface area contributed by atoms with Crippen LogP contribution in [0.2, 0.25) is 15.1 Å². The van der Waals surface area contributed by atoms with Crippen molar-refractivity contribution < 1.29 is 43.2 Å². The van der Waals surface area contributed by atoms with E-state index >= 15 is 0 Å². The number of carboxylic acid groups (broad SMARTS) is 1. The molecule has 5 fully saturated rings. The molecule has 2 saturated carbocycles. The molecule has 27 heteroatoms. The number of hydrogen-bond donors (Lipinski definition) is 2. The number of likely N-dealkylation sites (tertiary alicyclic amines) is 2. The Morgan fingerprint density at radius 2 is 0.741 bits per heavy atom. The lowest BCUT2D eigenvalue weighted by Gasteiger charge is -2.34. The third-order valence-corrected chi connectivity index (χ3v) is 31.0. The van der Waals surface area contributed by atoms with E-state index in [0.29, 0.717) is 38.4 Å². The molecule has 6 atom stereocenters. The van der Waals surface area contributed by atoms with Gasteiger partial charge in [0.15, 0.2) is 18.3 Å². The van der Waals surface area contributed by atoms with Crippen LogP contribution in [0.5, 0.6) is 0 Å². The Morgan fingerprint density at radius 1 is 0.430 bits per heavy atom. The minimum atomic E-state index is -1.15. The van der Waals surface area contributed by atoms with E-state index in [2.05, 4.69) is 81.8 Å². The van der Waals surface area contributed by atoms with Crippen molar-refractivity contribution in [2.45, 2.75) is 220 Å². The van der Waals surface area contributed by atoms with Crippen LogP contribution < -0.4 is 5.32 Å². The molecule has 0 amide bonds. The molecule has 704 valence electrons. The van der Waals surface area contributed by atoms with E-state index in [1.165, 1.54) is 66.1 Å². The number of aryl methyl sites for hydroxylation is 6. The second-order valence-electron chi connectivity index (χ2n) is 39.8. The lowest BCUT2D eigenvalue weighted by atomic mass is 9.91. The van der Waals surface area contributed by atoms with Crippen molar-refractivity contribution in [3.05, 3.63) is 211 Å². The summed E-state index contributed by atoms with van der Waals surface area (Å²) in [6, 6.07) is 50.3. The summed E-state index contributed by atoms with van der Waals surface area (Å²) in [5.41, 5.74) is 21.1. The number of hydrogen-bond acceptors (Lipinski definition) is 20. The van der Waals surface area contributed by atoms with E-state index in [4.69, 9.17) is 88.7 Å². The molecule has 9 aromatic carbocycles. The number of fused-ring (bicyclic) bond motifs is 6. The zero-order valence-electron chi connectivity index (χ0n) is 80.0. The van der Waals surface area contributed by atoms with Crippen molar-refractivity contribution in [3.63, 3.8) is 0 Å². The molecule has 15 aromatic rings. The van der Waals surface area contributed by atoms with E-state index in [1.54, 1.807) is 34.0 Å². The molecule has 6 aromatic heterocycles. The summed E-state index contributed by atoms with van der Waals surface area (Å²) in [6.07, 6.45) is 8.44. The van der Waals surface area contributed by atoms with Gasteiger partial charge in [-0.05, 0) is 304 Å². The minimum absolute atomic E-state index is 0.265. The number of benzene rings is 9. The van der Waals surface area contributed by atoms with Crippen LogP contribution in [0.1, 0.15) is 220 Å². The van der Waals surface area contributed by atoms with E-state index in [9.17, 15) is 19.5 Å². The van der Waals surface area contributed by atoms with Crippen molar-refractivity contribution in [1.29, 1.82) is 0 Å². The van der Waals surface area contributed by atoms with Crippen molar-refractivity contribution in [2.24, 2.45) is 21.1 Å². The van der Waals surface area contributed by atoms with Gasteiger partial charge in [-0.25, -0.2) is 29.3 Å². The average molecular weight is 1930 g/mol. The quantitative estimate of drug-likeness (QED) is 0.0601. The molecule has 135 heavy (non-hydrogen) atoms. The molecule has 3 aliphatic heterocycles. The maximum atomic E-state index is 13.5. The SMILES string of the molecule is CCOC(=O)[C@@H](OC(C)(C)C)c1c(C)cc2nc(-c3ccc4c(c3)c(C3CCN(C5CCC5)C3)nn4C)sc2c1-c1ccc(Cl)cc1.CCOC(=O)[C@@H](OC(C)(C)C)c1c(C)cc2nc(-c3ccc4c(c3)c(C3CCNC3)nn4C)sc2c1-c1ccc(Cl)cc1.Cc1cc2nc(-c3ccc4c(c3)c(C3CCN(C5CCC5)C3)nn4C)sc2c(-c2ccc(Cl)cc2)c1[C@H](OC(C)(C)C)C(=O)O. The monoisotopic (exact) mass is 1930 g/mol. The minimum Gasteiger partial charge on any atom is -0.479 e. The Morgan fingerprint density at radius 3 is 1.03 bits per heavy atom. The summed E-state index contributed by atoms with van der Waals surface area (Å²) in [5.74, 6) is -0.562. The van der Waals surface area contributed by atoms with Gasteiger partial charge in [-0.3, -0.25) is 23.8 Å². The highest BCUT2D eigenvalue weighted by atomic mass is 35.5. The summed E-state index contributed by atoms with van der Waals surface area (Å²) >= 11 is 23.8. The van der Waals surface area contributed by atoms with E-state index < -0.39 is 53.0 Å². The first-order valence-electron chi connectivity index (χ1n) is 47.3. The number of nitrogens with zero attached hydrogens (tertiary/aromatic N) is 11. The van der Waals surface area contributed by atoms with Crippen LogP contribution in [-0.2, 0) is 59.2 Å². The molecule has 2 aliphatic carbocycles. The molecule has 0 bridgehead atoms. The Labute approximate surface area is 816 Å². The maximum Gasteiger partial charge on any atom is 0.339 e. The van der Waals surface area contributed by atoms with Gasteiger partial charge in [-0.2, -0.15) is 15.3 Å². The van der Waals surface area contributed by atoms with Crippen LogP contribution in [0.4, 0.5) is 0 Å². The fraction of sp³-hybridized carbons (Fsp3) is 0.417. The van der Waals surface area contributed by atoms with Crippen LogP contribution >= 0.6 is 68.8 Å². The molecule has 0 spiro atoms. The standard InChI is InChI=1S/C38H43ClN4O3S.C36H39ClN4O3S.C34H37ClN4O3S/c1-7-45-37(44)34(46-38(3,4)5)31-22(2)19-29-35(32(31)23-11-14-26(39)15-12-23)47-36(40-29)24-13-16-30-28(20-24)33(41-42(30)6)25-17-18-43(21-25)27-9-8-10-27;1-20-17-27-33(30(21-9-12-24(37)13-10-21)29(20)32(35(42)43)44-36(2,3)4)45-34(38-27)22-11-14-28-26(18-22)31(39-40(28)5)23-15-16-41(19-23)25-7-6-8-25;1-7-41-33(40)30(42-34(3,4)5)27-19(2)16-25-31(28(27)20-8-11-23(35)12-9-20)43-32(37-25)21-10-13-26-24(17-21)29(38-39(26)6)22-14-15-36-18-22/h11-16,19-20,25,27,34H,7-10,17-18,21H2,1-6H3;9-14,17-18,23,25,32H,6-8,15-16,19H2,1-5H3,(H,42,43);8-13,16-17,22,30,36H,7,14-15,18H2,1-6H3/t25?,34-;23?,32-;22?,30-/m000/s1. The highest BCUT2D eigenvalue weighted by molar-refractivity contribution is 7.23. The molecule has 3 unspecified atom stereocenters. The van der Waals surface area contributed by atoms with Crippen LogP contribution in [0.3, 0.4) is 0 Å². The van der Waals surface area contributed by atoms with Crippen molar-refractivity contribution in [3.8, 4) is 65.1 Å². The fourth-order valence-electron chi connectivity index (χ4n) is 20.2. The summed E-state index contributed by atoms with van der Waals surface area (Å²) in [7, 11) is 6.08. The van der Waals surface area contributed by atoms with Gasteiger partial charge < -0.3 is 34.1 Å². The molecular weight excluding hydrogens is 1810 g/mol. The fourth-order valence-corrected chi connectivity index (χ4v) is 23.9. The van der Waals surface area contributed by atoms with Crippen molar-refractivity contribution in [2.75, 3.05) is 52.5 Å². The average Bonchev–Trinajstić information content (AvgIpc) is 1.72. The molecule has 21 nitrogen and oxygen atoms in total. The molecule has 20 rings (SSSR count). The number of halogens is 3. The highest BCUT2D eigenvalue weighted by Gasteiger charge is 2.41. The lowest BCUT2D eigenvalue weighted by molar-refractivity contribution is -0.167. The lowest BCUT2D eigenvalue weighted by Crippen LogP contribution is -2.38. The number of aromatic nitrogens is 9. The maximum absolute atomic E-state index is 13.5. The van der Waals surface area contributed by atoms with Gasteiger partial charge in [0.05, 0.1) is 94.3 Å². The first-order chi connectivity index (χ1) is 64.5. The molecular formula is C108H119Cl3N12O9S3. The number of aliphatic carboxylic acids is 1. The zero-order chi connectivity index (χ0) is 95.1. The Kier molecular flexibility index (Phi) is 27.4. The molecule has 9 heterocycles.